The molecule has 1 heterocycles. The molecule has 0 saturated carbocycles. The van der Waals surface area contributed by atoms with E-state index in [9.17, 15) is 14.7 Å². The second-order valence-electron chi connectivity index (χ2n) is 8.09. The molecular formula is C26H26N2O3. The van der Waals surface area contributed by atoms with Crippen LogP contribution in [0.1, 0.15) is 23.6 Å². The second kappa shape index (κ2) is 8.74. The standard InChI is InChI=1S/C26H26N2O3/c1-27(2)16-9-17-28-23(19-11-4-3-5-12-19)22(25(30)26(28)31)24(29)21-15-8-13-18-10-6-7-14-20(18)21/h3-8,10-15,23,29H,9,16-17H2,1-2H3/b24-22-. The number of rotatable bonds is 6. The molecule has 4 rings (SSSR count). The Hall–Kier alpha value is -3.44. The summed E-state index contributed by atoms with van der Waals surface area (Å²) in [4.78, 5) is 29.8. The third kappa shape index (κ3) is 3.97. The molecule has 1 saturated heterocycles. The molecule has 3 aromatic rings. The van der Waals surface area contributed by atoms with Crippen LogP contribution in [0, 0.1) is 0 Å². The molecule has 5 heteroatoms. The second-order valence-corrected chi connectivity index (χ2v) is 8.09. The van der Waals surface area contributed by atoms with Gasteiger partial charge in [0.1, 0.15) is 5.76 Å². The first-order valence-corrected chi connectivity index (χ1v) is 10.4. The van der Waals surface area contributed by atoms with E-state index in [0.29, 0.717) is 12.1 Å². The zero-order valence-corrected chi connectivity index (χ0v) is 17.8. The predicted molar refractivity (Wildman–Crippen MR) is 123 cm³/mol. The molecule has 1 unspecified atom stereocenters. The molecular weight excluding hydrogens is 388 g/mol. The molecule has 158 valence electrons. The van der Waals surface area contributed by atoms with Gasteiger partial charge in [-0.05, 0) is 43.4 Å². The van der Waals surface area contributed by atoms with Crippen LogP contribution in [0.4, 0.5) is 0 Å². The average molecular weight is 415 g/mol. The van der Waals surface area contributed by atoms with E-state index < -0.39 is 17.7 Å². The lowest BCUT2D eigenvalue weighted by Crippen LogP contribution is -2.32. The third-order valence-corrected chi connectivity index (χ3v) is 5.70. The molecule has 1 N–H and O–H groups in total. The number of aliphatic hydroxyl groups is 1. The summed E-state index contributed by atoms with van der Waals surface area (Å²) >= 11 is 0. The highest BCUT2D eigenvalue weighted by Crippen LogP contribution is 2.40. The van der Waals surface area contributed by atoms with Gasteiger partial charge in [-0.1, -0.05) is 72.8 Å². The maximum atomic E-state index is 13.1. The Morgan fingerprint density at radius 2 is 1.61 bits per heavy atom. The Balaban J connectivity index is 1.85. The van der Waals surface area contributed by atoms with Crippen LogP contribution < -0.4 is 0 Å². The molecule has 1 aliphatic heterocycles. The number of aliphatic hydroxyl groups excluding tert-OH is 1. The van der Waals surface area contributed by atoms with E-state index in [0.717, 1.165) is 29.3 Å². The van der Waals surface area contributed by atoms with Gasteiger partial charge in [0.05, 0.1) is 11.6 Å². The first kappa shape index (κ1) is 20.8. The van der Waals surface area contributed by atoms with Gasteiger partial charge in [-0.25, -0.2) is 0 Å². The fourth-order valence-electron chi connectivity index (χ4n) is 4.23. The van der Waals surface area contributed by atoms with Gasteiger partial charge < -0.3 is 14.9 Å². The summed E-state index contributed by atoms with van der Waals surface area (Å²) in [7, 11) is 3.95. The molecule has 0 aliphatic carbocycles. The smallest absolute Gasteiger partial charge is 0.295 e. The van der Waals surface area contributed by atoms with E-state index in [4.69, 9.17) is 0 Å². The molecule has 0 spiro atoms. The lowest BCUT2D eigenvalue weighted by molar-refractivity contribution is -0.139. The van der Waals surface area contributed by atoms with Crippen molar-refractivity contribution in [3.63, 3.8) is 0 Å². The number of ketones is 1. The summed E-state index contributed by atoms with van der Waals surface area (Å²) in [6.07, 6.45) is 0.734. The summed E-state index contributed by atoms with van der Waals surface area (Å²) in [6, 6.07) is 22.1. The van der Waals surface area contributed by atoms with Crippen LogP contribution in [0.2, 0.25) is 0 Å². The monoisotopic (exact) mass is 414 g/mol. The lowest BCUT2D eigenvalue weighted by Gasteiger charge is -2.26. The van der Waals surface area contributed by atoms with E-state index in [-0.39, 0.29) is 11.3 Å². The van der Waals surface area contributed by atoms with E-state index in [2.05, 4.69) is 0 Å². The van der Waals surface area contributed by atoms with Crippen molar-refractivity contribution in [2.24, 2.45) is 0 Å². The Kier molecular flexibility index (Phi) is 5.87. The Bertz CT molecular complexity index is 1150. The Morgan fingerprint density at radius 1 is 0.935 bits per heavy atom. The van der Waals surface area contributed by atoms with Crippen LogP contribution in [-0.4, -0.2) is 53.8 Å². The van der Waals surface area contributed by atoms with Crippen molar-refractivity contribution in [3.05, 3.63) is 89.5 Å². The zero-order valence-electron chi connectivity index (χ0n) is 17.8. The number of hydrogen-bond donors (Lipinski definition) is 1. The number of likely N-dealkylation sites (tertiary alicyclic amines) is 1. The minimum atomic E-state index is -0.635. The number of benzene rings is 3. The number of fused-ring (bicyclic) bond motifs is 1. The summed E-state index contributed by atoms with van der Waals surface area (Å²) in [6.45, 7) is 1.24. The fourth-order valence-corrected chi connectivity index (χ4v) is 4.23. The first-order chi connectivity index (χ1) is 15.0. The molecule has 31 heavy (non-hydrogen) atoms. The number of nitrogens with zero attached hydrogens (tertiary/aromatic N) is 2. The van der Waals surface area contributed by atoms with E-state index in [1.807, 2.05) is 85.7 Å². The topological polar surface area (TPSA) is 60.9 Å². The highest BCUT2D eigenvalue weighted by molar-refractivity contribution is 6.46. The quantitative estimate of drug-likeness (QED) is 0.373. The van der Waals surface area contributed by atoms with Crippen LogP contribution in [0.3, 0.4) is 0 Å². The maximum absolute atomic E-state index is 13.1. The average Bonchev–Trinajstić information content (AvgIpc) is 3.03. The molecule has 0 bridgehead atoms. The SMILES string of the molecule is CN(C)CCCN1C(=O)C(=O)/C(=C(\O)c2cccc3ccccc23)C1c1ccccc1. The van der Waals surface area contributed by atoms with Crippen LogP contribution in [-0.2, 0) is 9.59 Å². The molecule has 5 nitrogen and oxygen atoms in total. The number of carbonyl (C=O) groups is 2. The van der Waals surface area contributed by atoms with Crippen molar-refractivity contribution in [3.8, 4) is 0 Å². The van der Waals surface area contributed by atoms with E-state index in [1.165, 1.54) is 0 Å². The van der Waals surface area contributed by atoms with Crippen molar-refractivity contribution in [2.75, 3.05) is 27.2 Å². The zero-order chi connectivity index (χ0) is 22.0. The summed E-state index contributed by atoms with van der Waals surface area (Å²) < 4.78 is 0. The van der Waals surface area contributed by atoms with Crippen LogP contribution >= 0.6 is 0 Å². The first-order valence-electron chi connectivity index (χ1n) is 10.4. The molecule has 3 aromatic carbocycles. The highest BCUT2D eigenvalue weighted by atomic mass is 16.3. The van der Waals surface area contributed by atoms with Crippen molar-refractivity contribution in [1.29, 1.82) is 0 Å². The van der Waals surface area contributed by atoms with Gasteiger partial charge in [-0.15, -0.1) is 0 Å². The summed E-state index contributed by atoms with van der Waals surface area (Å²) in [5.74, 6) is -1.32. The van der Waals surface area contributed by atoms with Gasteiger partial charge >= 0.3 is 0 Å². The number of amides is 1. The number of Topliss-reactive ketones (excluding diaryl/α,β-unsaturated/α-hetero) is 1. The van der Waals surface area contributed by atoms with Gasteiger partial charge in [0.2, 0.25) is 0 Å². The van der Waals surface area contributed by atoms with Crippen LogP contribution in [0.25, 0.3) is 16.5 Å². The van der Waals surface area contributed by atoms with Crippen LogP contribution in [0.5, 0.6) is 0 Å². The van der Waals surface area contributed by atoms with E-state index in [1.54, 1.807) is 11.0 Å². The highest BCUT2D eigenvalue weighted by Gasteiger charge is 2.45. The number of carbonyl (C=O) groups excluding carboxylic acids is 2. The lowest BCUT2D eigenvalue weighted by atomic mass is 9.93. The van der Waals surface area contributed by atoms with Gasteiger partial charge in [0.25, 0.3) is 11.7 Å². The minimum absolute atomic E-state index is 0.126. The van der Waals surface area contributed by atoms with Crippen molar-refractivity contribution < 1.29 is 14.7 Å². The normalized spacial score (nSPS) is 18.3. The third-order valence-electron chi connectivity index (χ3n) is 5.70. The minimum Gasteiger partial charge on any atom is -0.507 e. The van der Waals surface area contributed by atoms with Gasteiger partial charge in [0, 0.05) is 12.1 Å². The van der Waals surface area contributed by atoms with Gasteiger partial charge in [0.15, 0.2) is 0 Å². The predicted octanol–water partition coefficient (Wildman–Crippen LogP) is 4.21. The summed E-state index contributed by atoms with van der Waals surface area (Å²) in [5, 5.41) is 13.1. The van der Waals surface area contributed by atoms with Crippen molar-refractivity contribution >= 4 is 28.2 Å². The number of hydrogen-bond acceptors (Lipinski definition) is 4. The summed E-state index contributed by atoms with van der Waals surface area (Å²) in [5.41, 5.74) is 1.52. The molecule has 1 atom stereocenters. The van der Waals surface area contributed by atoms with Crippen molar-refractivity contribution in [2.45, 2.75) is 12.5 Å². The molecule has 1 amide bonds. The largest absolute Gasteiger partial charge is 0.507 e. The Morgan fingerprint density at radius 3 is 2.35 bits per heavy atom. The van der Waals surface area contributed by atoms with Gasteiger partial charge in [-0.3, -0.25) is 9.59 Å². The fraction of sp³-hybridized carbons (Fsp3) is 0.231. The van der Waals surface area contributed by atoms with Crippen molar-refractivity contribution in [1.82, 2.24) is 9.80 Å². The molecule has 0 aromatic heterocycles. The molecule has 1 aliphatic rings. The molecule has 1 fully saturated rings. The Labute approximate surface area is 182 Å². The maximum Gasteiger partial charge on any atom is 0.295 e. The van der Waals surface area contributed by atoms with E-state index >= 15 is 0 Å². The molecule has 0 radical (unpaired) electrons. The van der Waals surface area contributed by atoms with Gasteiger partial charge in [-0.2, -0.15) is 0 Å². The van der Waals surface area contributed by atoms with Crippen LogP contribution in [0.15, 0.2) is 78.4 Å².